The molecule has 0 aliphatic heterocycles. The lowest BCUT2D eigenvalue weighted by atomic mass is 10.2. The van der Waals surface area contributed by atoms with Crippen molar-refractivity contribution in [2.75, 3.05) is 25.2 Å². The smallest absolute Gasteiger partial charge is 0.292 e. The van der Waals surface area contributed by atoms with Gasteiger partial charge in [-0.1, -0.05) is 42.4 Å². The van der Waals surface area contributed by atoms with Gasteiger partial charge in [0.25, 0.3) is 5.56 Å². The van der Waals surface area contributed by atoms with Crippen molar-refractivity contribution in [1.29, 1.82) is 0 Å². The first-order valence-corrected chi connectivity index (χ1v) is 8.85. The molecule has 0 amide bonds. The predicted molar refractivity (Wildman–Crippen MR) is 102 cm³/mol. The van der Waals surface area contributed by atoms with E-state index in [9.17, 15) is 4.79 Å². The summed E-state index contributed by atoms with van der Waals surface area (Å²) >= 11 is 7.55. The summed E-state index contributed by atoms with van der Waals surface area (Å²) in [7, 11) is 5.11. The highest BCUT2D eigenvalue weighted by molar-refractivity contribution is 8.16. The normalized spacial score (nSPS) is 11.6. The lowest BCUT2D eigenvalue weighted by Crippen LogP contribution is -2.23. The maximum Gasteiger partial charge on any atom is 0.292 e. The number of anilines is 1. The molecule has 8 heteroatoms. The number of thioether (sulfide) groups is 1. The third-order valence-corrected chi connectivity index (χ3v) is 4.54. The predicted octanol–water partition coefficient (Wildman–Crippen LogP) is 3.26. The minimum absolute atomic E-state index is 0.146. The third-order valence-electron chi connectivity index (χ3n) is 3.51. The van der Waals surface area contributed by atoms with E-state index in [4.69, 9.17) is 16.3 Å². The molecular weight excluding hydrogens is 348 g/mol. The second kappa shape index (κ2) is 8.30. The summed E-state index contributed by atoms with van der Waals surface area (Å²) in [4.78, 5) is 17.0. The van der Waals surface area contributed by atoms with E-state index in [2.05, 4.69) is 10.3 Å². The number of halogens is 1. The summed E-state index contributed by atoms with van der Waals surface area (Å²) in [6.45, 7) is 2.41. The Balaban J connectivity index is 2.46. The lowest BCUT2D eigenvalue weighted by molar-refractivity contribution is 0.413. The number of hydrogen-bond acceptors (Lipinski definition) is 5. The van der Waals surface area contributed by atoms with Gasteiger partial charge in [0.05, 0.1) is 13.7 Å². The summed E-state index contributed by atoms with van der Waals surface area (Å²) in [5, 5.41) is 2.93. The number of ether oxygens (including phenoxy) is 1. The molecule has 0 atom stereocenters. The molecule has 0 aliphatic carbocycles. The molecule has 1 N–H and O–H groups in total. The highest BCUT2D eigenvalue weighted by Gasteiger charge is 2.17. The molecule has 0 aliphatic rings. The van der Waals surface area contributed by atoms with Crippen LogP contribution >= 0.6 is 23.4 Å². The van der Waals surface area contributed by atoms with Gasteiger partial charge >= 0.3 is 0 Å². The van der Waals surface area contributed by atoms with Crippen LogP contribution in [0.15, 0.2) is 34.1 Å². The molecule has 6 nitrogen and oxygen atoms in total. The Morgan fingerprint density at radius 1 is 1.46 bits per heavy atom. The van der Waals surface area contributed by atoms with Crippen molar-refractivity contribution in [3.05, 3.63) is 40.2 Å². The summed E-state index contributed by atoms with van der Waals surface area (Å²) in [5.41, 5.74) is 1.24. The molecule has 130 valence electrons. The molecule has 1 aromatic carbocycles. The highest BCUT2D eigenvalue weighted by atomic mass is 35.5. The van der Waals surface area contributed by atoms with Gasteiger partial charge in [-0.3, -0.25) is 9.48 Å². The fourth-order valence-electron chi connectivity index (χ4n) is 2.34. The zero-order chi connectivity index (χ0) is 17.7. The molecule has 1 aromatic heterocycles. The van der Waals surface area contributed by atoms with Gasteiger partial charge in [-0.15, -0.1) is 0 Å². The van der Waals surface area contributed by atoms with Crippen LogP contribution in [0.3, 0.4) is 0 Å². The van der Waals surface area contributed by atoms with E-state index < -0.39 is 0 Å². The molecular formula is C16H21ClN4O2S. The maximum absolute atomic E-state index is 12.7. The third kappa shape index (κ3) is 3.96. The second-order valence-electron chi connectivity index (χ2n) is 4.98. The van der Waals surface area contributed by atoms with E-state index in [1.54, 1.807) is 30.6 Å². The van der Waals surface area contributed by atoms with Gasteiger partial charge in [0.1, 0.15) is 11.4 Å². The van der Waals surface area contributed by atoms with Gasteiger partial charge in [0.2, 0.25) is 0 Å². The summed E-state index contributed by atoms with van der Waals surface area (Å²) < 4.78 is 8.97. The first-order chi connectivity index (χ1) is 11.5. The fourth-order valence-corrected chi connectivity index (χ4v) is 3.14. The van der Waals surface area contributed by atoms with Gasteiger partial charge in [-0.2, -0.15) is 0 Å². The Hall–Kier alpha value is -1.86. The quantitative estimate of drug-likeness (QED) is 0.628. The monoisotopic (exact) mass is 368 g/mol. The van der Waals surface area contributed by atoms with Crippen LogP contribution in [-0.4, -0.2) is 33.8 Å². The van der Waals surface area contributed by atoms with Crippen molar-refractivity contribution in [2.24, 2.45) is 12.0 Å². The molecule has 1 heterocycles. The summed E-state index contributed by atoms with van der Waals surface area (Å²) in [6, 6.07) is 7.62. The summed E-state index contributed by atoms with van der Waals surface area (Å²) in [6.07, 6.45) is 0. The molecule has 0 unspecified atom stereocenters. The number of rotatable bonds is 6. The van der Waals surface area contributed by atoms with Crippen LogP contribution in [-0.2, 0) is 13.6 Å². The van der Waals surface area contributed by atoms with E-state index >= 15 is 0 Å². The van der Waals surface area contributed by atoms with Crippen molar-refractivity contribution in [2.45, 2.75) is 13.5 Å². The molecule has 2 rings (SSSR count). The SMILES string of the molecule is CCSC(Cl)=Nc1c(NC)c(=O)n(Cc2cccc(OC)c2)n1C. The number of aliphatic imine (C=N–C) groups is 1. The highest BCUT2D eigenvalue weighted by Crippen LogP contribution is 2.25. The van der Waals surface area contributed by atoms with Gasteiger partial charge in [-0.05, 0) is 23.4 Å². The van der Waals surface area contributed by atoms with Gasteiger partial charge < -0.3 is 10.1 Å². The van der Waals surface area contributed by atoms with Gasteiger partial charge in [0.15, 0.2) is 10.3 Å². The molecule has 0 spiro atoms. The molecule has 2 aromatic rings. The van der Waals surface area contributed by atoms with Crippen LogP contribution < -0.4 is 15.6 Å². The van der Waals surface area contributed by atoms with Crippen LogP contribution in [0.1, 0.15) is 12.5 Å². The van der Waals surface area contributed by atoms with Crippen molar-refractivity contribution in [3.63, 3.8) is 0 Å². The molecule has 24 heavy (non-hydrogen) atoms. The van der Waals surface area contributed by atoms with Gasteiger partial charge in [0, 0.05) is 14.1 Å². The van der Waals surface area contributed by atoms with E-state index in [0.717, 1.165) is 17.1 Å². The topological polar surface area (TPSA) is 60.6 Å². The Bertz CT molecular complexity index is 798. The van der Waals surface area contributed by atoms with Crippen molar-refractivity contribution in [1.82, 2.24) is 9.36 Å². The molecule has 0 radical (unpaired) electrons. The van der Waals surface area contributed by atoms with Crippen LogP contribution in [0.2, 0.25) is 0 Å². The average Bonchev–Trinajstić information content (AvgIpc) is 2.79. The van der Waals surface area contributed by atoms with E-state index in [-0.39, 0.29) is 5.56 Å². The largest absolute Gasteiger partial charge is 0.497 e. The van der Waals surface area contributed by atoms with E-state index in [1.165, 1.54) is 11.8 Å². The number of nitrogens with one attached hydrogen (secondary N) is 1. The van der Waals surface area contributed by atoms with Crippen LogP contribution in [0.4, 0.5) is 11.5 Å². The van der Waals surface area contributed by atoms with E-state index in [0.29, 0.717) is 22.6 Å². The number of methoxy groups -OCH3 is 1. The molecule has 0 bridgehead atoms. The second-order valence-corrected chi connectivity index (χ2v) is 6.82. The Labute approximate surface area is 150 Å². The van der Waals surface area contributed by atoms with Gasteiger partial charge in [-0.25, -0.2) is 9.67 Å². The first kappa shape index (κ1) is 18.5. The van der Waals surface area contributed by atoms with Crippen molar-refractivity contribution < 1.29 is 4.74 Å². The van der Waals surface area contributed by atoms with Crippen molar-refractivity contribution >= 4 is 39.4 Å². The van der Waals surface area contributed by atoms with Crippen LogP contribution in [0.5, 0.6) is 5.75 Å². The van der Waals surface area contributed by atoms with Crippen LogP contribution in [0, 0.1) is 0 Å². The Kier molecular flexibility index (Phi) is 6.39. The lowest BCUT2D eigenvalue weighted by Gasteiger charge is -2.09. The zero-order valence-electron chi connectivity index (χ0n) is 14.2. The Morgan fingerprint density at radius 3 is 2.83 bits per heavy atom. The number of nitrogens with zero attached hydrogens (tertiary/aromatic N) is 3. The minimum atomic E-state index is -0.146. The number of benzene rings is 1. The number of aromatic nitrogens is 2. The van der Waals surface area contributed by atoms with Crippen molar-refractivity contribution in [3.8, 4) is 5.75 Å². The number of hydrogen-bond donors (Lipinski definition) is 1. The maximum atomic E-state index is 12.7. The molecule has 0 saturated heterocycles. The standard InChI is InChI=1S/C16H21ClN4O2S/c1-5-24-16(17)19-14-13(18-2)15(22)21(20(14)3)10-11-7-6-8-12(9-11)23-4/h6-9,18H,5,10H2,1-4H3. The fraction of sp³-hybridized carbons (Fsp3) is 0.375. The van der Waals surface area contributed by atoms with E-state index in [1.807, 2.05) is 31.2 Å². The average molecular weight is 369 g/mol. The summed E-state index contributed by atoms with van der Waals surface area (Å²) in [5.74, 6) is 2.08. The first-order valence-electron chi connectivity index (χ1n) is 7.49. The van der Waals surface area contributed by atoms with Crippen LogP contribution in [0.25, 0.3) is 0 Å². The Morgan fingerprint density at radius 2 is 2.21 bits per heavy atom. The zero-order valence-corrected chi connectivity index (χ0v) is 15.7. The minimum Gasteiger partial charge on any atom is -0.497 e. The molecule has 0 saturated carbocycles. The molecule has 0 fully saturated rings.